The Bertz CT molecular complexity index is 210. The molecule has 1 unspecified atom stereocenters. The number of hydrogen-bond acceptors (Lipinski definition) is 1. The Hall–Kier alpha value is -0.370. The van der Waals surface area contributed by atoms with Gasteiger partial charge in [-0.15, -0.1) is 0 Å². The maximum absolute atomic E-state index is 10.8. The third-order valence-corrected chi connectivity index (χ3v) is 2.19. The lowest BCUT2D eigenvalue weighted by atomic mass is 10.1. The quantitative estimate of drug-likeness (QED) is 0.617. The molecule has 0 rings (SSSR count). The van der Waals surface area contributed by atoms with Crippen molar-refractivity contribution in [2.45, 2.75) is 33.6 Å². The van der Waals surface area contributed by atoms with Crippen LogP contribution in [0, 0.1) is 0 Å². The largest absolute Gasteiger partial charge is 0.255 e. The third kappa shape index (κ3) is 7.73. The molecule has 2 heteroatoms. The molecule has 0 heterocycles. The second-order valence-corrected chi connectivity index (χ2v) is 4.52. The molecule has 0 aromatic rings. The summed E-state index contributed by atoms with van der Waals surface area (Å²) in [6.07, 6.45) is 5.98. The highest BCUT2D eigenvalue weighted by Gasteiger charge is 1.89. The first-order valence-corrected chi connectivity index (χ1v) is 5.77. The molecule has 0 aromatic heterocycles. The van der Waals surface area contributed by atoms with Crippen LogP contribution in [0.2, 0.25) is 0 Å². The molecule has 0 spiro atoms. The van der Waals surface area contributed by atoms with E-state index >= 15 is 0 Å². The Morgan fingerprint density at radius 2 is 1.92 bits per heavy atom. The van der Waals surface area contributed by atoms with E-state index in [0.29, 0.717) is 0 Å². The Morgan fingerprint density at radius 1 is 1.33 bits per heavy atom. The first-order valence-electron chi connectivity index (χ1n) is 4.15. The minimum absolute atomic E-state index is 0.793. The van der Waals surface area contributed by atoms with E-state index in [-0.39, 0.29) is 0 Å². The summed E-state index contributed by atoms with van der Waals surface area (Å²) in [6, 6.07) is 0. The van der Waals surface area contributed by atoms with Crippen molar-refractivity contribution in [3.63, 3.8) is 0 Å². The van der Waals surface area contributed by atoms with Gasteiger partial charge in [-0.1, -0.05) is 17.2 Å². The minimum Gasteiger partial charge on any atom is -0.255 e. The zero-order valence-corrected chi connectivity index (χ0v) is 9.20. The van der Waals surface area contributed by atoms with E-state index in [2.05, 4.69) is 19.9 Å². The second-order valence-electron chi connectivity index (χ2n) is 3.28. The summed E-state index contributed by atoms with van der Waals surface area (Å²) in [6.45, 7) is 6.22. The van der Waals surface area contributed by atoms with Gasteiger partial charge in [-0.2, -0.15) is 0 Å². The molecule has 0 N–H and O–H groups in total. The van der Waals surface area contributed by atoms with Crippen molar-refractivity contribution in [1.29, 1.82) is 0 Å². The first kappa shape index (κ1) is 11.6. The highest BCUT2D eigenvalue weighted by Crippen LogP contribution is 2.06. The van der Waals surface area contributed by atoms with Crippen LogP contribution in [0.15, 0.2) is 22.6 Å². The van der Waals surface area contributed by atoms with Crippen molar-refractivity contribution in [3.8, 4) is 0 Å². The van der Waals surface area contributed by atoms with Crippen molar-refractivity contribution in [2.75, 3.05) is 6.26 Å². The van der Waals surface area contributed by atoms with Gasteiger partial charge in [0, 0.05) is 22.5 Å². The maximum Gasteiger partial charge on any atom is 0.0423 e. The number of allylic oxidation sites excluding steroid dienone is 3. The zero-order valence-electron chi connectivity index (χ0n) is 8.39. The van der Waals surface area contributed by atoms with E-state index in [1.54, 1.807) is 6.26 Å². The molecule has 1 nitrogen and oxygen atoms in total. The lowest BCUT2D eigenvalue weighted by Crippen LogP contribution is -1.82. The molecule has 12 heavy (non-hydrogen) atoms. The predicted molar refractivity (Wildman–Crippen MR) is 56.5 cm³/mol. The Morgan fingerprint density at radius 3 is 2.33 bits per heavy atom. The van der Waals surface area contributed by atoms with Gasteiger partial charge < -0.3 is 0 Å². The van der Waals surface area contributed by atoms with E-state index in [9.17, 15) is 4.21 Å². The fourth-order valence-corrected chi connectivity index (χ4v) is 1.62. The van der Waals surface area contributed by atoms with Gasteiger partial charge in [-0.3, -0.25) is 4.21 Å². The lowest BCUT2D eigenvalue weighted by molar-refractivity contribution is 0.691. The standard InChI is InChI=1S/C10H18OS/c1-9(2)6-5-7-10(3)8-12(4)11/h6,8H,5,7H2,1-4H3. The summed E-state index contributed by atoms with van der Waals surface area (Å²) in [7, 11) is -0.793. The molecule has 0 fully saturated rings. The Labute approximate surface area is 78.0 Å². The van der Waals surface area contributed by atoms with Crippen LogP contribution >= 0.6 is 0 Å². The van der Waals surface area contributed by atoms with Gasteiger partial charge >= 0.3 is 0 Å². The fraction of sp³-hybridized carbons (Fsp3) is 0.600. The molecule has 0 amide bonds. The Kier molecular flexibility index (Phi) is 5.99. The van der Waals surface area contributed by atoms with Gasteiger partial charge in [0.25, 0.3) is 0 Å². The van der Waals surface area contributed by atoms with Crippen molar-refractivity contribution < 1.29 is 4.21 Å². The lowest BCUT2D eigenvalue weighted by Gasteiger charge is -1.96. The van der Waals surface area contributed by atoms with Gasteiger partial charge in [-0.25, -0.2) is 0 Å². The van der Waals surface area contributed by atoms with Crippen molar-refractivity contribution >= 4 is 10.8 Å². The van der Waals surface area contributed by atoms with Gasteiger partial charge in [0.1, 0.15) is 0 Å². The second kappa shape index (κ2) is 6.18. The van der Waals surface area contributed by atoms with E-state index in [1.807, 2.05) is 12.3 Å². The Balaban J connectivity index is 3.79. The predicted octanol–water partition coefficient (Wildman–Crippen LogP) is 3.02. The van der Waals surface area contributed by atoms with Crippen molar-refractivity contribution in [2.24, 2.45) is 0 Å². The first-order chi connectivity index (χ1) is 5.52. The van der Waals surface area contributed by atoms with E-state index in [4.69, 9.17) is 0 Å². The minimum atomic E-state index is -0.793. The number of rotatable bonds is 4. The monoisotopic (exact) mass is 186 g/mol. The van der Waals surface area contributed by atoms with E-state index in [0.717, 1.165) is 12.8 Å². The molecule has 0 saturated heterocycles. The van der Waals surface area contributed by atoms with E-state index < -0.39 is 10.8 Å². The van der Waals surface area contributed by atoms with Crippen LogP contribution in [0.5, 0.6) is 0 Å². The average Bonchev–Trinajstić information content (AvgIpc) is 1.84. The van der Waals surface area contributed by atoms with Crippen LogP contribution in [0.4, 0.5) is 0 Å². The zero-order chi connectivity index (χ0) is 9.56. The van der Waals surface area contributed by atoms with Gasteiger partial charge in [0.15, 0.2) is 0 Å². The normalized spacial score (nSPS) is 14.2. The summed E-state index contributed by atoms with van der Waals surface area (Å²) in [4.78, 5) is 0. The van der Waals surface area contributed by atoms with Crippen LogP contribution in [-0.4, -0.2) is 10.5 Å². The topological polar surface area (TPSA) is 17.1 Å². The van der Waals surface area contributed by atoms with Crippen LogP contribution in [0.25, 0.3) is 0 Å². The molecule has 0 bridgehead atoms. The van der Waals surface area contributed by atoms with Crippen molar-refractivity contribution in [3.05, 3.63) is 22.6 Å². The summed E-state index contributed by atoms with van der Waals surface area (Å²) >= 11 is 0. The fourth-order valence-electron chi connectivity index (χ4n) is 0.931. The summed E-state index contributed by atoms with van der Waals surface area (Å²) in [5.74, 6) is 0. The third-order valence-electron chi connectivity index (χ3n) is 1.46. The smallest absolute Gasteiger partial charge is 0.0423 e. The van der Waals surface area contributed by atoms with Crippen LogP contribution in [0.1, 0.15) is 33.6 Å². The van der Waals surface area contributed by atoms with Gasteiger partial charge in [0.2, 0.25) is 0 Å². The molecule has 0 aromatic carbocycles. The molecule has 0 saturated carbocycles. The van der Waals surface area contributed by atoms with Crippen LogP contribution < -0.4 is 0 Å². The molecule has 0 radical (unpaired) electrons. The van der Waals surface area contributed by atoms with E-state index in [1.165, 1.54) is 11.1 Å². The molecular formula is C10H18OS. The SMILES string of the molecule is CC(C)=CCCC(C)=CS(C)=O. The average molecular weight is 186 g/mol. The van der Waals surface area contributed by atoms with Gasteiger partial charge in [-0.05, 0) is 33.6 Å². The van der Waals surface area contributed by atoms with Crippen LogP contribution in [-0.2, 0) is 10.8 Å². The molecule has 0 aliphatic rings. The van der Waals surface area contributed by atoms with Crippen molar-refractivity contribution in [1.82, 2.24) is 0 Å². The summed E-state index contributed by atoms with van der Waals surface area (Å²) in [5.41, 5.74) is 2.56. The molecule has 1 atom stereocenters. The highest BCUT2D eigenvalue weighted by molar-refractivity contribution is 7.87. The molecule has 70 valence electrons. The summed E-state index contributed by atoms with van der Waals surface area (Å²) in [5, 5.41) is 1.82. The van der Waals surface area contributed by atoms with Crippen LogP contribution in [0.3, 0.4) is 0 Å². The van der Waals surface area contributed by atoms with Gasteiger partial charge in [0.05, 0.1) is 0 Å². The highest BCUT2D eigenvalue weighted by atomic mass is 32.2. The maximum atomic E-state index is 10.8. The molecular weight excluding hydrogens is 168 g/mol. The summed E-state index contributed by atoms with van der Waals surface area (Å²) < 4.78 is 10.8. The number of hydrogen-bond donors (Lipinski definition) is 0. The molecule has 0 aliphatic carbocycles. The molecule has 0 aliphatic heterocycles.